The Kier molecular flexibility index (Phi) is 4.04. The number of nitrogens with one attached hydrogen (secondary N) is 1. The van der Waals surface area contributed by atoms with Crippen molar-refractivity contribution >= 4 is 16.7 Å². The minimum Gasteiger partial charge on any atom is -0.367 e. The van der Waals surface area contributed by atoms with Gasteiger partial charge in [0.2, 0.25) is 5.95 Å². The normalized spacial score (nSPS) is 17.6. The van der Waals surface area contributed by atoms with Crippen molar-refractivity contribution in [2.45, 2.75) is 51.0 Å². The van der Waals surface area contributed by atoms with E-state index in [1.54, 1.807) is 0 Å². The molecule has 2 aromatic heterocycles. The fourth-order valence-electron chi connectivity index (χ4n) is 2.84. The van der Waals surface area contributed by atoms with E-state index < -0.39 is 5.95 Å². The first-order valence-electron chi connectivity index (χ1n) is 7.36. The standard InChI is InChI=1S/C15H19FN4/c16-14-8-12-13(9-17-14)18-10-19-15(12)20-11-6-4-2-1-3-5-7-11/h8-11H,1-7H2,(H,18,19,20). The molecule has 1 aliphatic rings. The first-order chi connectivity index (χ1) is 9.83. The maximum atomic E-state index is 13.3. The van der Waals surface area contributed by atoms with Crippen LogP contribution >= 0.6 is 0 Å². The molecule has 1 aliphatic carbocycles. The summed E-state index contributed by atoms with van der Waals surface area (Å²) >= 11 is 0. The van der Waals surface area contributed by atoms with E-state index in [4.69, 9.17) is 0 Å². The van der Waals surface area contributed by atoms with Crippen molar-refractivity contribution in [1.29, 1.82) is 0 Å². The topological polar surface area (TPSA) is 50.7 Å². The van der Waals surface area contributed by atoms with Crippen LogP contribution in [0.1, 0.15) is 44.9 Å². The van der Waals surface area contributed by atoms with Crippen LogP contribution in [0.3, 0.4) is 0 Å². The Balaban J connectivity index is 1.83. The van der Waals surface area contributed by atoms with Crippen LogP contribution in [0.2, 0.25) is 0 Å². The molecule has 3 rings (SSSR count). The Hall–Kier alpha value is -1.78. The second-order valence-electron chi connectivity index (χ2n) is 5.43. The first-order valence-corrected chi connectivity index (χ1v) is 7.36. The molecule has 1 fully saturated rings. The van der Waals surface area contributed by atoms with Crippen LogP contribution in [0, 0.1) is 5.95 Å². The van der Waals surface area contributed by atoms with Crippen molar-refractivity contribution < 1.29 is 4.39 Å². The summed E-state index contributed by atoms with van der Waals surface area (Å²) in [4.78, 5) is 12.0. The van der Waals surface area contributed by atoms with Crippen LogP contribution in [0.5, 0.6) is 0 Å². The number of rotatable bonds is 2. The van der Waals surface area contributed by atoms with Gasteiger partial charge in [-0.1, -0.05) is 32.1 Å². The summed E-state index contributed by atoms with van der Waals surface area (Å²) in [6.07, 6.45) is 11.7. The molecular formula is C15H19FN4. The number of halogens is 1. The Morgan fingerprint density at radius 1 is 1.00 bits per heavy atom. The second-order valence-corrected chi connectivity index (χ2v) is 5.43. The van der Waals surface area contributed by atoms with Gasteiger partial charge in [0.25, 0.3) is 0 Å². The van der Waals surface area contributed by atoms with E-state index >= 15 is 0 Å². The van der Waals surface area contributed by atoms with Crippen molar-refractivity contribution in [2.75, 3.05) is 5.32 Å². The van der Waals surface area contributed by atoms with Crippen molar-refractivity contribution in [2.24, 2.45) is 0 Å². The average molecular weight is 274 g/mol. The molecule has 4 nitrogen and oxygen atoms in total. The molecule has 0 bridgehead atoms. The number of nitrogens with zero attached hydrogens (tertiary/aromatic N) is 3. The summed E-state index contributed by atoms with van der Waals surface area (Å²) in [6.45, 7) is 0. The lowest BCUT2D eigenvalue weighted by molar-refractivity contribution is 0.471. The minimum atomic E-state index is -0.493. The highest BCUT2D eigenvalue weighted by Gasteiger charge is 2.14. The third-order valence-electron chi connectivity index (χ3n) is 3.93. The molecule has 0 atom stereocenters. The summed E-state index contributed by atoms with van der Waals surface area (Å²) in [5.41, 5.74) is 0.676. The minimum absolute atomic E-state index is 0.421. The fraction of sp³-hybridized carbons (Fsp3) is 0.533. The molecule has 106 valence electrons. The Morgan fingerprint density at radius 3 is 2.55 bits per heavy atom. The summed E-state index contributed by atoms with van der Waals surface area (Å²) < 4.78 is 13.3. The highest BCUT2D eigenvalue weighted by atomic mass is 19.1. The van der Waals surface area contributed by atoms with E-state index in [2.05, 4.69) is 20.3 Å². The zero-order chi connectivity index (χ0) is 13.8. The number of fused-ring (bicyclic) bond motifs is 1. The molecule has 0 amide bonds. The third kappa shape index (κ3) is 3.03. The smallest absolute Gasteiger partial charge is 0.213 e. The third-order valence-corrected chi connectivity index (χ3v) is 3.93. The monoisotopic (exact) mass is 274 g/mol. The van der Waals surface area contributed by atoms with Gasteiger partial charge in [0.05, 0.1) is 11.7 Å². The molecule has 20 heavy (non-hydrogen) atoms. The maximum Gasteiger partial charge on any atom is 0.213 e. The number of hydrogen-bond donors (Lipinski definition) is 1. The lowest BCUT2D eigenvalue weighted by atomic mass is 9.96. The number of pyridine rings is 1. The summed E-state index contributed by atoms with van der Waals surface area (Å²) in [6, 6.07) is 1.82. The predicted molar refractivity (Wildman–Crippen MR) is 77.0 cm³/mol. The second kappa shape index (κ2) is 6.11. The van der Waals surface area contributed by atoms with E-state index in [0.717, 1.165) is 18.7 Å². The Labute approximate surface area is 117 Å². The molecule has 0 unspecified atom stereocenters. The molecule has 0 aromatic carbocycles. The van der Waals surface area contributed by atoms with Gasteiger partial charge < -0.3 is 5.32 Å². The average Bonchev–Trinajstić information content (AvgIpc) is 2.42. The van der Waals surface area contributed by atoms with Crippen molar-refractivity contribution in [3.05, 3.63) is 24.5 Å². The van der Waals surface area contributed by atoms with Gasteiger partial charge in [-0.05, 0) is 12.8 Å². The van der Waals surface area contributed by atoms with Crippen LogP contribution in [0.4, 0.5) is 10.2 Å². The maximum absolute atomic E-state index is 13.3. The largest absolute Gasteiger partial charge is 0.367 e. The van der Waals surface area contributed by atoms with Gasteiger partial charge in [0.1, 0.15) is 12.1 Å². The van der Waals surface area contributed by atoms with E-state index in [0.29, 0.717) is 16.9 Å². The van der Waals surface area contributed by atoms with Gasteiger partial charge in [-0.25, -0.2) is 15.0 Å². The van der Waals surface area contributed by atoms with Crippen LogP contribution < -0.4 is 5.32 Å². The molecule has 0 spiro atoms. The van der Waals surface area contributed by atoms with Crippen LogP contribution in [-0.2, 0) is 0 Å². The van der Waals surface area contributed by atoms with Gasteiger partial charge in [-0.2, -0.15) is 4.39 Å². The molecule has 2 heterocycles. The lowest BCUT2D eigenvalue weighted by Crippen LogP contribution is -2.21. The molecule has 0 aliphatic heterocycles. The first kappa shape index (κ1) is 13.2. The van der Waals surface area contributed by atoms with Crippen LogP contribution in [0.15, 0.2) is 18.6 Å². The molecule has 0 saturated heterocycles. The van der Waals surface area contributed by atoms with Gasteiger partial charge in [-0.15, -0.1) is 0 Å². The zero-order valence-corrected chi connectivity index (χ0v) is 11.5. The fourth-order valence-corrected chi connectivity index (χ4v) is 2.84. The van der Waals surface area contributed by atoms with Gasteiger partial charge in [0.15, 0.2) is 0 Å². The number of hydrogen-bond acceptors (Lipinski definition) is 4. The predicted octanol–water partition coefficient (Wildman–Crippen LogP) is 3.69. The van der Waals surface area contributed by atoms with Gasteiger partial charge in [-0.3, -0.25) is 0 Å². The SMILES string of the molecule is Fc1cc2c(NC3CCCCCCC3)ncnc2cn1. The van der Waals surface area contributed by atoms with Crippen LogP contribution in [0.25, 0.3) is 10.9 Å². The lowest BCUT2D eigenvalue weighted by Gasteiger charge is -2.22. The highest BCUT2D eigenvalue weighted by Crippen LogP contribution is 2.24. The Bertz CT molecular complexity index is 579. The van der Waals surface area contributed by atoms with Crippen LogP contribution in [-0.4, -0.2) is 21.0 Å². The molecule has 2 aromatic rings. The molecule has 1 saturated carbocycles. The molecule has 0 radical (unpaired) electrons. The van der Waals surface area contributed by atoms with Crippen molar-refractivity contribution in [3.8, 4) is 0 Å². The van der Waals surface area contributed by atoms with Crippen molar-refractivity contribution in [1.82, 2.24) is 15.0 Å². The summed E-state index contributed by atoms with van der Waals surface area (Å²) in [5.74, 6) is 0.231. The van der Waals surface area contributed by atoms with Crippen molar-refractivity contribution in [3.63, 3.8) is 0 Å². The Morgan fingerprint density at radius 2 is 1.75 bits per heavy atom. The summed E-state index contributed by atoms with van der Waals surface area (Å²) in [5, 5.41) is 4.18. The zero-order valence-electron chi connectivity index (χ0n) is 11.5. The van der Waals surface area contributed by atoms with Gasteiger partial charge >= 0.3 is 0 Å². The number of anilines is 1. The van der Waals surface area contributed by atoms with E-state index in [-0.39, 0.29) is 0 Å². The molecule has 5 heteroatoms. The van der Waals surface area contributed by atoms with E-state index in [1.165, 1.54) is 50.7 Å². The highest BCUT2D eigenvalue weighted by molar-refractivity contribution is 5.88. The number of aromatic nitrogens is 3. The van der Waals surface area contributed by atoms with E-state index in [9.17, 15) is 4.39 Å². The molecule has 1 N–H and O–H groups in total. The molecular weight excluding hydrogens is 255 g/mol. The van der Waals surface area contributed by atoms with E-state index in [1.807, 2.05) is 0 Å². The summed E-state index contributed by atoms with van der Waals surface area (Å²) in [7, 11) is 0. The quantitative estimate of drug-likeness (QED) is 0.849. The van der Waals surface area contributed by atoms with Gasteiger partial charge in [0, 0.05) is 17.5 Å².